The molecular formula is C22H20FN5O4S. The van der Waals surface area contributed by atoms with Crippen molar-refractivity contribution in [3.8, 4) is 5.69 Å². The van der Waals surface area contributed by atoms with Crippen molar-refractivity contribution in [1.29, 1.82) is 0 Å². The molecule has 1 aliphatic rings. The van der Waals surface area contributed by atoms with Crippen LogP contribution >= 0.6 is 0 Å². The van der Waals surface area contributed by atoms with Crippen LogP contribution in [0.2, 0.25) is 0 Å². The first-order valence-corrected chi connectivity index (χ1v) is 11.2. The average molecular weight is 469 g/mol. The SMILES string of the molecule is Cc1c(NC(=O)C2=CC(c3ccc(F)cc3)=NS(=O)(=O)N2C)c(=O)n(-c2ccccc2)n1C. The lowest BCUT2D eigenvalue weighted by atomic mass is 10.1. The Balaban J connectivity index is 1.73. The summed E-state index contributed by atoms with van der Waals surface area (Å²) in [5.41, 5.74) is 0.693. The quantitative estimate of drug-likeness (QED) is 0.632. The number of likely N-dealkylation sites (N-methyl/N-ethyl adjacent to an activating group) is 1. The van der Waals surface area contributed by atoms with Crippen LogP contribution in [0.25, 0.3) is 5.69 Å². The fraction of sp³-hybridized carbons (Fsp3) is 0.136. The monoisotopic (exact) mass is 469 g/mol. The molecule has 9 nitrogen and oxygen atoms in total. The van der Waals surface area contributed by atoms with Gasteiger partial charge in [0, 0.05) is 19.7 Å². The van der Waals surface area contributed by atoms with Gasteiger partial charge in [-0.25, -0.2) is 13.4 Å². The number of hydrogen-bond acceptors (Lipinski definition) is 4. The lowest BCUT2D eigenvalue weighted by Gasteiger charge is -2.23. The van der Waals surface area contributed by atoms with Crippen LogP contribution in [-0.4, -0.2) is 40.8 Å². The van der Waals surface area contributed by atoms with Crippen LogP contribution in [-0.2, 0) is 22.1 Å². The molecule has 0 unspecified atom stereocenters. The van der Waals surface area contributed by atoms with Gasteiger partial charge in [0.25, 0.3) is 11.5 Å². The van der Waals surface area contributed by atoms with Crippen LogP contribution in [0.4, 0.5) is 10.1 Å². The number of hydrogen-bond donors (Lipinski definition) is 1. The number of allylic oxidation sites excluding steroid dienone is 1. The van der Waals surface area contributed by atoms with Crippen molar-refractivity contribution in [1.82, 2.24) is 13.7 Å². The van der Waals surface area contributed by atoms with Gasteiger partial charge in [-0.15, -0.1) is 4.40 Å². The number of aromatic nitrogens is 2. The standard InChI is InChI=1S/C22H20FN5O4S/c1-14-20(22(30)28(26(14)2)17-7-5-4-6-8-17)24-21(29)19-13-18(25-33(31,32)27(19)3)15-9-11-16(23)12-10-15/h4-13H,1-3H3,(H,24,29). The Morgan fingerprint density at radius 3 is 2.30 bits per heavy atom. The number of nitrogens with zero attached hydrogens (tertiary/aromatic N) is 4. The Kier molecular flexibility index (Phi) is 5.50. The van der Waals surface area contributed by atoms with Crippen molar-refractivity contribution in [2.45, 2.75) is 6.92 Å². The van der Waals surface area contributed by atoms with E-state index in [4.69, 9.17) is 0 Å². The fourth-order valence-electron chi connectivity index (χ4n) is 3.41. The van der Waals surface area contributed by atoms with Crippen molar-refractivity contribution >= 4 is 27.5 Å². The highest BCUT2D eigenvalue weighted by Gasteiger charge is 2.31. The number of anilines is 1. The summed E-state index contributed by atoms with van der Waals surface area (Å²) in [4.78, 5) is 26.2. The number of nitrogens with one attached hydrogen (secondary N) is 1. The summed E-state index contributed by atoms with van der Waals surface area (Å²) >= 11 is 0. The van der Waals surface area contributed by atoms with Crippen molar-refractivity contribution < 1.29 is 17.6 Å². The number of halogens is 1. The average Bonchev–Trinajstić information content (AvgIpc) is 2.99. The van der Waals surface area contributed by atoms with Crippen LogP contribution in [0.15, 0.2) is 75.6 Å². The van der Waals surface area contributed by atoms with Gasteiger partial charge in [-0.2, -0.15) is 8.42 Å². The van der Waals surface area contributed by atoms with E-state index >= 15 is 0 Å². The first kappa shape index (κ1) is 22.2. The Hall–Kier alpha value is -3.99. The molecule has 1 aliphatic heterocycles. The van der Waals surface area contributed by atoms with Gasteiger partial charge in [-0.1, -0.05) is 18.2 Å². The molecule has 2 heterocycles. The van der Waals surface area contributed by atoms with Crippen LogP contribution in [0, 0.1) is 12.7 Å². The zero-order chi connectivity index (χ0) is 23.9. The maximum Gasteiger partial charge on any atom is 0.345 e. The third-order valence-corrected chi connectivity index (χ3v) is 6.65. The molecule has 4 rings (SSSR count). The van der Waals surface area contributed by atoms with Gasteiger partial charge in [-0.3, -0.25) is 14.3 Å². The second kappa shape index (κ2) is 8.17. The summed E-state index contributed by atoms with van der Waals surface area (Å²) in [6.07, 6.45) is 1.28. The third kappa shape index (κ3) is 3.98. The van der Waals surface area contributed by atoms with E-state index in [9.17, 15) is 22.4 Å². The number of rotatable bonds is 4. The first-order valence-electron chi connectivity index (χ1n) is 9.82. The van der Waals surface area contributed by atoms with Crippen molar-refractivity contribution in [2.75, 3.05) is 12.4 Å². The Labute approximate surface area is 189 Å². The van der Waals surface area contributed by atoms with Gasteiger partial charge in [0.1, 0.15) is 17.2 Å². The van der Waals surface area contributed by atoms with Crippen LogP contribution in [0.3, 0.4) is 0 Å². The van der Waals surface area contributed by atoms with E-state index in [1.54, 1.807) is 42.9 Å². The lowest BCUT2D eigenvalue weighted by molar-refractivity contribution is -0.113. The van der Waals surface area contributed by atoms with E-state index in [2.05, 4.69) is 9.71 Å². The van der Waals surface area contributed by atoms with Gasteiger partial charge in [0.15, 0.2) is 0 Å². The van der Waals surface area contributed by atoms with E-state index in [1.165, 1.54) is 29.9 Å². The molecule has 11 heteroatoms. The number of carbonyl (C=O) groups excluding carboxylic acids is 1. The summed E-state index contributed by atoms with van der Waals surface area (Å²) in [5, 5.41) is 2.55. The minimum atomic E-state index is -4.21. The predicted molar refractivity (Wildman–Crippen MR) is 122 cm³/mol. The first-order chi connectivity index (χ1) is 15.6. The second-order valence-corrected chi connectivity index (χ2v) is 8.97. The lowest BCUT2D eigenvalue weighted by Crippen LogP contribution is -2.36. The summed E-state index contributed by atoms with van der Waals surface area (Å²) in [5.74, 6) is -1.30. The molecule has 0 spiro atoms. The fourth-order valence-corrected chi connectivity index (χ4v) is 4.32. The molecule has 0 radical (unpaired) electrons. The Bertz CT molecular complexity index is 1470. The Morgan fingerprint density at radius 1 is 1.03 bits per heavy atom. The molecule has 0 aliphatic carbocycles. The van der Waals surface area contributed by atoms with E-state index in [0.717, 1.165) is 16.4 Å². The topological polar surface area (TPSA) is 106 Å². The van der Waals surface area contributed by atoms with Crippen LogP contribution in [0.1, 0.15) is 11.3 Å². The van der Waals surface area contributed by atoms with Crippen molar-refractivity contribution in [3.63, 3.8) is 0 Å². The van der Waals surface area contributed by atoms with Gasteiger partial charge >= 0.3 is 10.2 Å². The highest BCUT2D eigenvalue weighted by Crippen LogP contribution is 2.22. The molecule has 0 saturated heterocycles. The van der Waals surface area contributed by atoms with Gasteiger partial charge < -0.3 is 5.32 Å². The molecular weight excluding hydrogens is 449 g/mol. The predicted octanol–water partition coefficient (Wildman–Crippen LogP) is 2.13. The normalized spacial score (nSPS) is 15.1. The molecule has 1 aromatic heterocycles. The molecule has 0 saturated carbocycles. The number of amides is 1. The van der Waals surface area contributed by atoms with Crippen LogP contribution in [0.5, 0.6) is 0 Å². The molecule has 1 amide bonds. The van der Waals surface area contributed by atoms with Crippen molar-refractivity contribution in [3.05, 3.63) is 93.8 Å². The zero-order valence-electron chi connectivity index (χ0n) is 18.0. The van der Waals surface area contributed by atoms with Crippen LogP contribution < -0.4 is 10.9 Å². The molecule has 0 bridgehead atoms. The summed E-state index contributed by atoms with van der Waals surface area (Å²) in [7, 11) is -1.35. The molecule has 3 aromatic rings. The molecule has 1 N–H and O–H groups in total. The number of carbonyl (C=O) groups is 1. The maximum atomic E-state index is 13.3. The smallest absolute Gasteiger partial charge is 0.314 e. The number of benzene rings is 2. The minimum Gasteiger partial charge on any atom is -0.314 e. The maximum absolute atomic E-state index is 13.3. The number of para-hydroxylation sites is 1. The van der Waals surface area contributed by atoms with Crippen molar-refractivity contribution in [2.24, 2.45) is 11.4 Å². The highest BCUT2D eigenvalue weighted by molar-refractivity contribution is 7.88. The second-order valence-electron chi connectivity index (χ2n) is 7.35. The highest BCUT2D eigenvalue weighted by atomic mass is 32.2. The molecule has 170 valence electrons. The minimum absolute atomic E-state index is 0.0175. The van der Waals surface area contributed by atoms with E-state index in [-0.39, 0.29) is 17.1 Å². The zero-order valence-corrected chi connectivity index (χ0v) is 18.8. The Morgan fingerprint density at radius 2 is 1.67 bits per heavy atom. The van der Waals surface area contributed by atoms with E-state index < -0.39 is 27.5 Å². The summed E-state index contributed by atoms with van der Waals surface area (Å²) < 4.78 is 45.8. The van der Waals surface area contributed by atoms with Gasteiger partial charge in [0.2, 0.25) is 0 Å². The molecule has 0 atom stereocenters. The molecule has 2 aromatic carbocycles. The largest absolute Gasteiger partial charge is 0.345 e. The molecule has 33 heavy (non-hydrogen) atoms. The van der Waals surface area contributed by atoms with E-state index in [0.29, 0.717) is 16.9 Å². The summed E-state index contributed by atoms with van der Waals surface area (Å²) in [6, 6.07) is 13.9. The van der Waals surface area contributed by atoms with Gasteiger partial charge in [-0.05, 0) is 49.4 Å². The third-order valence-electron chi connectivity index (χ3n) is 5.34. The molecule has 0 fully saturated rings. The van der Waals surface area contributed by atoms with Gasteiger partial charge in [0.05, 0.1) is 17.1 Å². The summed E-state index contributed by atoms with van der Waals surface area (Å²) in [6.45, 7) is 1.66. The van der Waals surface area contributed by atoms with E-state index in [1.807, 2.05) is 6.07 Å².